The number of aromatic nitrogens is 1. The van der Waals surface area contributed by atoms with Crippen molar-refractivity contribution in [1.82, 2.24) is 9.88 Å². The van der Waals surface area contributed by atoms with Crippen molar-refractivity contribution in [3.63, 3.8) is 0 Å². The van der Waals surface area contributed by atoms with E-state index in [1.54, 1.807) is 12.3 Å². The van der Waals surface area contributed by atoms with Crippen LogP contribution in [0.2, 0.25) is 10.0 Å². The lowest BCUT2D eigenvalue weighted by Crippen LogP contribution is -2.38. The predicted molar refractivity (Wildman–Crippen MR) is 130 cm³/mol. The SMILES string of the molecule is Cc1cc(Cl)ccc1Nc1c(C(=O)N2CCC(c3ccc(F)cc3)CC2)c[nH]c(=S)c1Cl. The smallest absolute Gasteiger partial charge is 0.257 e. The van der Waals surface area contributed by atoms with Gasteiger partial charge in [0.15, 0.2) is 0 Å². The van der Waals surface area contributed by atoms with E-state index in [-0.39, 0.29) is 11.7 Å². The van der Waals surface area contributed by atoms with Gasteiger partial charge in [-0.05, 0) is 67.1 Å². The highest BCUT2D eigenvalue weighted by Crippen LogP contribution is 2.34. The van der Waals surface area contributed by atoms with Crippen LogP contribution >= 0.6 is 35.4 Å². The summed E-state index contributed by atoms with van der Waals surface area (Å²) >= 11 is 17.9. The van der Waals surface area contributed by atoms with E-state index in [0.717, 1.165) is 29.7 Å². The molecule has 1 saturated heterocycles. The number of pyridine rings is 1. The summed E-state index contributed by atoms with van der Waals surface area (Å²) in [6.45, 7) is 3.13. The van der Waals surface area contributed by atoms with Crippen molar-refractivity contribution in [2.75, 3.05) is 18.4 Å². The van der Waals surface area contributed by atoms with Crippen molar-refractivity contribution in [3.05, 3.63) is 85.9 Å². The largest absolute Gasteiger partial charge is 0.353 e. The fourth-order valence-corrected chi connectivity index (χ4v) is 4.61. The van der Waals surface area contributed by atoms with Gasteiger partial charge in [-0.3, -0.25) is 4.79 Å². The van der Waals surface area contributed by atoms with Crippen LogP contribution in [0.25, 0.3) is 0 Å². The van der Waals surface area contributed by atoms with E-state index in [0.29, 0.717) is 44.9 Å². The molecule has 32 heavy (non-hydrogen) atoms. The molecule has 8 heteroatoms. The van der Waals surface area contributed by atoms with Crippen molar-refractivity contribution >= 4 is 52.7 Å². The molecule has 1 amide bonds. The lowest BCUT2D eigenvalue weighted by molar-refractivity contribution is 0.0713. The highest BCUT2D eigenvalue weighted by Gasteiger charge is 2.27. The second-order valence-corrected chi connectivity index (χ2v) is 9.15. The molecule has 1 fully saturated rings. The first-order valence-corrected chi connectivity index (χ1v) is 11.5. The highest BCUT2D eigenvalue weighted by molar-refractivity contribution is 7.71. The first-order valence-electron chi connectivity index (χ1n) is 10.3. The Morgan fingerprint density at radius 1 is 1.16 bits per heavy atom. The number of anilines is 2. The normalized spacial score (nSPS) is 14.4. The maximum atomic E-state index is 13.4. The number of carbonyl (C=O) groups is 1. The molecular weight excluding hydrogens is 468 g/mol. The first-order chi connectivity index (χ1) is 15.3. The molecule has 0 atom stereocenters. The summed E-state index contributed by atoms with van der Waals surface area (Å²) in [7, 11) is 0. The molecule has 0 radical (unpaired) electrons. The maximum absolute atomic E-state index is 13.4. The van der Waals surface area contributed by atoms with Gasteiger partial charge in [-0.1, -0.05) is 47.6 Å². The molecule has 2 N–H and O–H groups in total. The van der Waals surface area contributed by atoms with Gasteiger partial charge in [-0.2, -0.15) is 0 Å². The third-order valence-electron chi connectivity index (χ3n) is 5.84. The van der Waals surface area contributed by atoms with E-state index in [1.165, 1.54) is 12.1 Å². The molecule has 1 aromatic heterocycles. The van der Waals surface area contributed by atoms with Crippen LogP contribution in [0.5, 0.6) is 0 Å². The van der Waals surface area contributed by atoms with Gasteiger partial charge >= 0.3 is 0 Å². The number of hydrogen-bond donors (Lipinski definition) is 2. The molecule has 1 aliphatic rings. The fourth-order valence-electron chi connectivity index (χ4n) is 4.02. The number of H-pyrrole nitrogens is 1. The summed E-state index contributed by atoms with van der Waals surface area (Å²) in [6.07, 6.45) is 3.23. The van der Waals surface area contributed by atoms with Gasteiger partial charge in [0.25, 0.3) is 5.91 Å². The molecule has 2 heterocycles. The number of aromatic amines is 1. The lowest BCUT2D eigenvalue weighted by Gasteiger charge is -2.33. The number of likely N-dealkylation sites (tertiary alicyclic amines) is 1. The van der Waals surface area contributed by atoms with E-state index >= 15 is 0 Å². The number of benzene rings is 2. The van der Waals surface area contributed by atoms with Crippen molar-refractivity contribution < 1.29 is 9.18 Å². The van der Waals surface area contributed by atoms with E-state index in [4.69, 9.17) is 35.4 Å². The van der Waals surface area contributed by atoms with Gasteiger partial charge < -0.3 is 15.2 Å². The van der Waals surface area contributed by atoms with Crippen LogP contribution < -0.4 is 5.32 Å². The van der Waals surface area contributed by atoms with Gasteiger partial charge in [0.05, 0.1) is 16.3 Å². The van der Waals surface area contributed by atoms with Crippen LogP contribution in [0.3, 0.4) is 0 Å². The number of rotatable bonds is 4. The number of carbonyl (C=O) groups excluding carboxylic acids is 1. The Hall–Kier alpha value is -2.41. The number of hydrogen-bond acceptors (Lipinski definition) is 3. The second kappa shape index (κ2) is 9.61. The molecule has 0 unspecified atom stereocenters. The van der Waals surface area contributed by atoms with E-state index in [1.807, 2.05) is 36.1 Å². The Morgan fingerprint density at radius 2 is 1.84 bits per heavy atom. The summed E-state index contributed by atoms with van der Waals surface area (Å²) in [5, 5.41) is 4.20. The van der Waals surface area contributed by atoms with Crippen LogP contribution in [-0.2, 0) is 0 Å². The zero-order valence-electron chi connectivity index (χ0n) is 17.4. The molecular formula is C24H22Cl2FN3OS. The Labute approximate surface area is 201 Å². The van der Waals surface area contributed by atoms with Crippen LogP contribution in [0.15, 0.2) is 48.7 Å². The lowest BCUT2D eigenvalue weighted by atomic mass is 9.89. The summed E-state index contributed by atoms with van der Waals surface area (Å²) in [5.41, 5.74) is 3.72. The van der Waals surface area contributed by atoms with Crippen LogP contribution in [-0.4, -0.2) is 28.9 Å². The van der Waals surface area contributed by atoms with E-state index < -0.39 is 0 Å². The standard InChI is InChI=1S/C24H22Cl2FN3OS/c1-14-12-17(25)4-7-20(14)29-22-19(13-28-23(32)21(22)26)24(31)30-10-8-16(9-11-30)15-2-5-18(27)6-3-15/h2-7,12-13,16H,8-11H2,1H3,(H2,28,29,32). The number of piperidine rings is 1. The Kier molecular flexibility index (Phi) is 6.84. The molecule has 1 aliphatic heterocycles. The third kappa shape index (κ3) is 4.82. The average Bonchev–Trinajstić information content (AvgIpc) is 2.79. The molecule has 166 valence electrons. The molecule has 4 rings (SSSR count). The number of halogens is 3. The van der Waals surface area contributed by atoms with Crippen molar-refractivity contribution in [1.29, 1.82) is 0 Å². The van der Waals surface area contributed by atoms with Gasteiger partial charge in [-0.15, -0.1) is 0 Å². The summed E-state index contributed by atoms with van der Waals surface area (Å²) < 4.78 is 13.6. The first kappa shape index (κ1) is 22.8. The van der Waals surface area contributed by atoms with Gasteiger partial charge in [-0.25, -0.2) is 4.39 Å². The number of nitrogens with zero attached hydrogens (tertiary/aromatic N) is 1. The fraction of sp³-hybridized carbons (Fsp3) is 0.250. The zero-order valence-corrected chi connectivity index (χ0v) is 19.8. The van der Waals surface area contributed by atoms with Crippen molar-refractivity contribution in [2.45, 2.75) is 25.7 Å². The monoisotopic (exact) mass is 489 g/mol. The minimum atomic E-state index is -0.240. The quantitative estimate of drug-likeness (QED) is 0.379. The summed E-state index contributed by atoms with van der Waals surface area (Å²) in [6, 6.07) is 12.1. The van der Waals surface area contributed by atoms with E-state index in [9.17, 15) is 9.18 Å². The summed E-state index contributed by atoms with van der Waals surface area (Å²) in [5.74, 6) is -0.0559. The van der Waals surface area contributed by atoms with Gasteiger partial charge in [0, 0.05) is 30.0 Å². The molecule has 2 aromatic carbocycles. The molecule has 4 nitrogen and oxygen atoms in total. The maximum Gasteiger partial charge on any atom is 0.257 e. The average molecular weight is 490 g/mol. The van der Waals surface area contributed by atoms with Crippen LogP contribution in [0.1, 0.15) is 40.2 Å². The molecule has 0 saturated carbocycles. The Balaban J connectivity index is 1.55. The predicted octanol–water partition coefficient (Wildman–Crippen LogP) is 7.26. The molecule has 0 aliphatic carbocycles. The third-order valence-corrected chi connectivity index (χ3v) is 6.88. The van der Waals surface area contributed by atoms with Crippen LogP contribution in [0, 0.1) is 17.4 Å². The van der Waals surface area contributed by atoms with Crippen LogP contribution in [0.4, 0.5) is 15.8 Å². The van der Waals surface area contributed by atoms with Crippen molar-refractivity contribution in [2.24, 2.45) is 0 Å². The number of amides is 1. The minimum absolute atomic E-state index is 0.121. The highest BCUT2D eigenvalue weighted by atomic mass is 35.5. The minimum Gasteiger partial charge on any atom is -0.353 e. The number of aryl methyl sites for hydroxylation is 1. The molecule has 0 spiro atoms. The Bertz CT molecular complexity index is 1200. The zero-order chi connectivity index (χ0) is 22.8. The Morgan fingerprint density at radius 3 is 2.50 bits per heavy atom. The van der Waals surface area contributed by atoms with Gasteiger partial charge in [0.1, 0.15) is 10.5 Å². The van der Waals surface area contributed by atoms with Crippen molar-refractivity contribution in [3.8, 4) is 0 Å². The van der Waals surface area contributed by atoms with Gasteiger partial charge in [0.2, 0.25) is 0 Å². The molecule has 3 aromatic rings. The summed E-state index contributed by atoms with van der Waals surface area (Å²) in [4.78, 5) is 18.1. The topological polar surface area (TPSA) is 48.1 Å². The van der Waals surface area contributed by atoms with E-state index in [2.05, 4.69) is 10.3 Å². The number of nitrogens with one attached hydrogen (secondary N) is 2. The molecule has 0 bridgehead atoms. The second-order valence-electron chi connectivity index (χ2n) is 7.92.